The van der Waals surface area contributed by atoms with Gasteiger partial charge in [0.1, 0.15) is 0 Å². The molecule has 0 aliphatic carbocycles. The van der Waals surface area contributed by atoms with Gasteiger partial charge in [0.15, 0.2) is 0 Å². The first-order chi connectivity index (χ1) is 3.18. The molecule has 0 bridgehead atoms. The fraction of sp³-hybridized carbons (Fsp3) is 0.333. The van der Waals surface area contributed by atoms with Gasteiger partial charge in [0.2, 0.25) is 0 Å². The summed E-state index contributed by atoms with van der Waals surface area (Å²) in [5.41, 5.74) is 7.12. The Labute approximate surface area is 44.5 Å². The van der Waals surface area contributed by atoms with E-state index in [0.29, 0.717) is 6.54 Å². The van der Waals surface area contributed by atoms with E-state index in [4.69, 9.17) is 5.73 Å². The first-order valence-electron chi connectivity index (χ1n) is 2.22. The zero-order chi connectivity index (χ0) is 5.86. The molecule has 2 N–H and O–H groups in total. The van der Waals surface area contributed by atoms with E-state index in [9.17, 15) is 0 Å². The summed E-state index contributed by atoms with van der Waals surface area (Å²) in [7, 11) is 0. The van der Waals surface area contributed by atoms with E-state index in [1.54, 1.807) is 0 Å². The quantitative estimate of drug-likeness (QED) is 0.512. The molecule has 0 unspecified atom stereocenters. The molecule has 0 amide bonds. The first kappa shape index (κ1) is 6.44. The third-order valence-corrected chi connectivity index (χ3v) is 0.850. The summed E-state index contributed by atoms with van der Waals surface area (Å²) >= 11 is 0. The van der Waals surface area contributed by atoms with Gasteiger partial charge in [-0.2, -0.15) is 0 Å². The van der Waals surface area contributed by atoms with E-state index in [0.717, 1.165) is 11.1 Å². The van der Waals surface area contributed by atoms with Crippen LogP contribution >= 0.6 is 0 Å². The Kier molecular flexibility index (Phi) is 2.38. The van der Waals surface area contributed by atoms with Gasteiger partial charge in [0.05, 0.1) is 0 Å². The molecule has 0 aromatic carbocycles. The van der Waals surface area contributed by atoms with E-state index >= 15 is 0 Å². The Morgan fingerprint density at radius 3 is 2.00 bits per heavy atom. The molecular weight excluding hydrogens is 86.1 g/mol. The summed E-state index contributed by atoms with van der Waals surface area (Å²) in [6.45, 7) is 9.72. The van der Waals surface area contributed by atoms with E-state index in [1.165, 1.54) is 0 Å². The van der Waals surface area contributed by atoms with Gasteiger partial charge in [-0.05, 0) is 12.5 Å². The van der Waals surface area contributed by atoms with E-state index in [-0.39, 0.29) is 0 Å². The van der Waals surface area contributed by atoms with Gasteiger partial charge in [-0.1, -0.05) is 18.7 Å². The Morgan fingerprint density at radius 1 is 1.57 bits per heavy atom. The molecule has 0 aliphatic rings. The summed E-state index contributed by atoms with van der Waals surface area (Å²) in [6.07, 6.45) is 0. The van der Waals surface area contributed by atoms with Crippen LogP contribution in [0.25, 0.3) is 0 Å². The van der Waals surface area contributed by atoms with Gasteiger partial charge in [0, 0.05) is 6.54 Å². The third kappa shape index (κ3) is 2.18. The lowest BCUT2D eigenvalue weighted by Gasteiger charge is -1.95. The van der Waals surface area contributed by atoms with Crippen molar-refractivity contribution in [3.8, 4) is 0 Å². The molecule has 0 aliphatic heterocycles. The third-order valence-electron chi connectivity index (χ3n) is 0.850. The van der Waals surface area contributed by atoms with Crippen molar-refractivity contribution in [1.29, 1.82) is 0 Å². The van der Waals surface area contributed by atoms with Crippen LogP contribution in [-0.2, 0) is 0 Å². The van der Waals surface area contributed by atoms with Gasteiger partial charge in [-0.25, -0.2) is 0 Å². The Hall–Kier alpha value is -0.560. The molecule has 7 heavy (non-hydrogen) atoms. The molecule has 0 atom stereocenters. The van der Waals surface area contributed by atoms with Crippen LogP contribution in [0.4, 0.5) is 0 Å². The summed E-state index contributed by atoms with van der Waals surface area (Å²) < 4.78 is 0. The molecule has 1 nitrogen and oxygen atoms in total. The van der Waals surface area contributed by atoms with E-state index in [2.05, 4.69) is 13.2 Å². The summed E-state index contributed by atoms with van der Waals surface area (Å²) in [5, 5.41) is 0. The van der Waals surface area contributed by atoms with Crippen LogP contribution in [0, 0.1) is 0 Å². The first-order valence-corrected chi connectivity index (χ1v) is 2.22. The Morgan fingerprint density at radius 2 is 2.00 bits per heavy atom. The van der Waals surface area contributed by atoms with Crippen LogP contribution in [0.2, 0.25) is 0 Å². The molecule has 0 aromatic heterocycles. The van der Waals surface area contributed by atoms with Crippen molar-refractivity contribution in [1.82, 2.24) is 0 Å². The Bertz CT molecular complexity index is 92.4. The van der Waals surface area contributed by atoms with Crippen molar-refractivity contribution in [3.63, 3.8) is 0 Å². The second kappa shape index (κ2) is 2.59. The normalized spacial score (nSPS) is 8.29. The van der Waals surface area contributed by atoms with Crippen molar-refractivity contribution in [2.75, 3.05) is 6.54 Å². The molecule has 0 saturated carbocycles. The van der Waals surface area contributed by atoms with Gasteiger partial charge in [-0.15, -0.1) is 0 Å². The molecule has 0 rings (SSSR count). The largest absolute Gasteiger partial charge is 0.327 e. The maximum Gasteiger partial charge on any atom is 0.0174 e. The molecule has 0 radical (unpaired) electrons. The predicted octanol–water partition coefficient (Wildman–Crippen LogP) is 1.08. The molecular formula is C6H11N. The van der Waals surface area contributed by atoms with Crippen LogP contribution in [0.1, 0.15) is 6.92 Å². The predicted molar refractivity (Wildman–Crippen MR) is 33.0 cm³/mol. The Balaban J connectivity index is 3.58. The number of hydrogen-bond donors (Lipinski definition) is 1. The summed E-state index contributed by atoms with van der Waals surface area (Å²) in [6, 6.07) is 0. The SMILES string of the molecule is C=C(C)C(=C)CN. The lowest BCUT2D eigenvalue weighted by atomic mass is 10.2. The summed E-state index contributed by atoms with van der Waals surface area (Å²) in [4.78, 5) is 0. The average Bonchev–Trinajstić information content (AvgIpc) is 1.65. The fourth-order valence-electron chi connectivity index (χ4n) is 0.174. The van der Waals surface area contributed by atoms with Crippen molar-refractivity contribution in [2.24, 2.45) is 5.73 Å². The zero-order valence-corrected chi connectivity index (χ0v) is 4.70. The highest BCUT2D eigenvalue weighted by atomic mass is 14.5. The smallest absolute Gasteiger partial charge is 0.0174 e. The van der Waals surface area contributed by atoms with Gasteiger partial charge in [0.25, 0.3) is 0 Å². The maximum atomic E-state index is 5.21. The second-order valence-electron chi connectivity index (χ2n) is 1.59. The average molecular weight is 97.2 g/mol. The number of hydrogen-bond acceptors (Lipinski definition) is 1. The topological polar surface area (TPSA) is 26.0 Å². The van der Waals surface area contributed by atoms with Crippen LogP contribution in [0.3, 0.4) is 0 Å². The molecule has 40 valence electrons. The molecule has 0 fully saturated rings. The molecule has 0 aromatic rings. The second-order valence-corrected chi connectivity index (χ2v) is 1.59. The van der Waals surface area contributed by atoms with Crippen LogP contribution in [0.15, 0.2) is 24.3 Å². The minimum atomic E-state index is 0.523. The standard InChI is InChI=1S/C6H11N/c1-5(2)6(3)4-7/h1,3-4,7H2,2H3. The fourth-order valence-corrected chi connectivity index (χ4v) is 0.174. The van der Waals surface area contributed by atoms with Crippen molar-refractivity contribution < 1.29 is 0 Å². The van der Waals surface area contributed by atoms with Gasteiger partial charge >= 0.3 is 0 Å². The number of nitrogens with two attached hydrogens (primary N) is 1. The van der Waals surface area contributed by atoms with Crippen molar-refractivity contribution in [2.45, 2.75) is 6.92 Å². The number of rotatable bonds is 2. The highest BCUT2D eigenvalue weighted by molar-refractivity contribution is 5.23. The highest BCUT2D eigenvalue weighted by Gasteiger charge is 1.85. The van der Waals surface area contributed by atoms with E-state index < -0.39 is 0 Å². The van der Waals surface area contributed by atoms with E-state index in [1.807, 2.05) is 6.92 Å². The highest BCUT2D eigenvalue weighted by Crippen LogP contribution is 1.98. The van der Waals surface area contributed by atoms with Crippen molar-refractivity contribution >= 4 is 0 Å². The van der Waals surface area contributed by atoms with Crippen LogP contribution in [0.5, 0.6) is 0 Å². The van der Waals surface area contributed by atoms with Crippen LogP contribution < -0.4 is 5.73 Å². The maximum absolute atomic E-state index is 5.21. The molecule has 0 spiro atoms. The van der Waals surface area contributed by atoms with Crippen molar-refractivity contribution in [3.05, 3.63) is 24.3 Å². The minimum Gasteiger partial charge on any atom is -0.327 e. The molecule has 0 heterocycles. The summed E-state index contributed by atoms with van der Waals surface area (Å²) in [5.74, 6) is 0. The molecule has 0 saturated heterocycles. The lowest BCUT2D eigenvalue weighted by Crippen LogP contribution is -2.01. The minimum absolute atomic E-state index is 0.523. The lowest BCUT2D eigenvalue weighted by molar-refractivity contribution is 1.15. The van der Waals surface area contributed by atoms with Gasteiger partial charge < -0.3 is 5.73 Å². The van der Waals surface area contributed by atoms with Gasteiger partial charge in [-0.3, -0.25) is 0 Å². The zero-order valence-electron chi connectivity index (χ0n) is 4.70. The van der Waals surface area contributed by atoms with Crippen LogP contribution in [-0.4, -0.2) is 6.54 Å². The molecule has 1 heteroatoms. The monoisotopic (exact) mass is 97.1 g/mol.